The topological polar surface area (TPSA) is 109 Å². The Hall–Kier alpha value is -3.26. The molecule has 0 atom stereocenters. The molecule has 3 aromatic heterocycles. The Labute approximate surface area is 165 Å². The molecule has 0 saturated heterocycles. The summed E-state index contributed by atoms with van der Waals surface area (Å²) in [5, 5.41) is 3.00. The number of methoxy groups -OCH3 is 2. The van der Waals surface area contributed by atoms with Crippen molar-refractivity contribution in [3.05, 3.63) is 57.6 Å². The Bertz CT molecular complexity index is 1120. The van der Waals surface area contributed by atoms with Gasteiger partial charge in [-0.05, 0) is 29.1 Å². The van der Waals surface area contributed by atoms with Gasteiger partial charge in [0.05, 0.1) is 14.2 Å². The van der Waals surface area contributed by atoms with E-state index >= 15 is 0 Å². The molecule has 0 fully saturated rings. The van der Waals surface area contributed by atoms with E-state index in [4.69, 9.17) is 25.4 Å². The number of furan rings is 1. The zero-order valence-corrected chi connectivity index (χ0v) is 16.4. The molecule has 3 heterocycles. The highest BCUT2D eigenvalue weighted by atomic mass is 32.1. The molecular weight excluding hydrogens is 376 g/mol. The summed E-state index contributed by atoms with van der Waals surface area (Å²) >= 11 is 1.69. The van der Waals surface area contributed by atoms with Gasteiger partial charge in [0.1, 0.15) is 11.6 Å². The third kappa shape index (κ3) is 3.34. The molecule has 0 amide bonds. The quantitative estimate of drug-likeness (QED) is 0.512. The van der Waals surface area contributed by atoms with Crippen molar-refractivity contribution in [1.82, 2.24) is 9.97 Å². The van der Waals surface area contributed by atoms with E-state index in [9.17, 15) is 0 Å². The van der Waals surface area contributed by atoms with Crippen LogP contribution in [0.5, 0.6) is 11.5 Å². The molecule has 4 aromatic rings. The van der Waals surface area contributed by atoms with Crippen LogP contribution in [0, 0.1) is 0 Å². The number of benzene rings is 1. The second-order valence-electron chi connectivity index (χ2n) is 6.30. The number of nitrogens with two attached hydrogens (primary N) is 2. The third-order valence-electron chi connectivity index (χ3n) is 4.51. The van der Waals surface area contributed by atoms with E-state index in [1.54, 1.807) is 31.8 Å². The third-order valence-corrected chi connectivity index (χ3v) is 5.39. The molecule has 8 heteroatoms. The monoisotopic (exact) mass is 396 g/mol. The number of anilines is 2. The highest BCUT2D eigenvalue weighted by molar-refractivity contribution is 7.09. The van der Waals surface area contributed by atoms with Crippen LogP contribution in [-0.4, -0.2) is 24.2 Å². The van der Waals surface area contributed by atoms with E-state index in [1.165, 1.54) is 4.88 Å². The fraction of sp³-hybridized carbons (Fsp3) is 0.200. The van der Waals surface area contributed by atoms with Crippen molar-refractivity contribution in [2.45, 2.75) is 12.8 Å². The average Bonchev–Trinajstić information content (AvgIpc) is 3.33. The smallest absolute Gasteiger partial charge is 0.221 e. The Morgan fingerprint density at radius 1 is 1.11 bits per heavy atom. The number of fused-ring (bicyclic) bond motifs is 1. The van der Waals surface area contributed by atoms with Crippen molar-refractivity contribution in [2.24, 2.45) is 0 Å². The first-order valence-corrected chi connectivity index (χ1v) is 9.52. The van der Waals surface area contributed by atoms with Crippen LogP contribution in [0.4, 0.5) is 11.8 Å². The lowest BCUT2D eigenvalue weighted by Gasteiger charge is -2.12. The summed E-state index contributed by atoms with van der Waals surface area (Å²) < 4.78 is 17.2. The molecule has 4 N–H and O–H groups in total. The molecule has 0 saturated carbocycles. The number of rotatable bonds is 6. The van der Waals surface area contributed by atoms with Gasteiger partial charge in [0.25, 0.3) is 0 Å². The summed E-state index contributed by atoms with van der Waals surface area (Å²) in [6.45, 7) is 0. The second-order valence-corrected chi connectivity index (χ2v) is 7.33. The number of aromatic nitrogens is 2. The standard InChI is InChI=1S/C20H20N4O3S/c1-25-16-7-11(6-12-10-23-20(22)24-19(12)21)15-9-13(8-14-4-3-5-28-14)27-17(15)18(16)26-2/h3-5,7,9-10H,6,8H2,1-2H3,(H4,21,22,23,24). The van der Waals surface area contributed by atoms with E-state index in [2.05, 4.69) is 21.4 Å². The number of nitrogens with zero attached hydrogens (tertiary/aromatic N) is 2. The first-order valence-electron chi connectivity index (χ1n) is 8.64. The van der Waals surface area contributed by atoms with Crippen LogP contribution < -0.4 is 20.9 Å². The fourth-order valence-corrected chi connectivity index (χ4v) is 3.92. The van der Waals surface area contributed by atoms with Gasteiger partial charge in [-0.15, -0.1) is 11.3 Å². The van der Waals surface area contributed by atoms with Crippen LogP contribution >= 0.6 is 11.3 Å². The van der Waals surface area contributed by atoms with Gasteiger partial charge >= 0.3 is 0 Å². The zero-order chi connectivity index (χ0) is 19.7. The number of ether oxygens (including phenoxy) is 2. The van der Waals surface area contributed by atoms with Gasteiger partial charge < -0.3 is 25.4 Å². The van der Waals surface area contributed by atoms with Gasteiger partial charge in [0.2, 0.25) is 11.7 Å². The summed E-state index contributed by atoms with van der Waals surface area (Å²) in [6.07, 6.45) is 2.87. The zero-order valence-electron chi connectivity index (χ0n) is 15.6. The lowest BCUT2D eigenvalue weighted by atomic mass is 10.0. The summed E-state index contributed by atoms with van der Waals surface area (Å²) in [5.41, 5.74) is 14.0. The molecule has 144 valence electrons. The number of hydrogen-bond acceptors (Lipinski definition) is 8. The number of nitrogen functional groups attached to an aromatic ring is 2. The second kappa shape index (κ2) is 7.40. The molecule has 4 rings (SSSR count). The van der Waals surface area contributed by atoms with Gasteiger partial charge in [-0.1, -0.05) is 6.07 Å². The molecule has 28 heavy (non-hydrogen) atoms. The molecule has 0 unspecified atom stereocenters. The molecule has 0 radical (unpaired) electrons. The van der Waals surface area contributed by atoms with Gasteiger partial charge in [0, 0.05) is 34.9 Å². The van der Waals surface area contributed by atoms with Crippen LogP contribution in [-0.2, 0) is 12.8 Å². The molecule has 0 aliphatic heterocycles. The summed E-state index contributed by atoms with van der Waals surface area (Å²) in [7, 11) is 3.20. The predicted octanol–water partition coefficient (Wildman–Crippen LogP) is 3.65. The molecule has 0 spiro atoms. The van der Waals surface area contributed by atoms with Crippen LogP contribution in [0.2, 0.25) is 0 Å². The number of hydrogen-bond donors (Lipinski definition) is 2. The van der Waals surface area contributed by atoms with Gasteiger partial charge in [0.15, 0.2) is 11.3 Å². The van der Waals surface area contributed by atoms with Crippen molar-refractivity contribution in [3.63, 3.8) is 0 Å². The number of thiophene rings is 1. The summed E-state index contributed by atoms with van der Waals surface area (Å²) in [4.78, 5) is 9.33. The van der Waals surface area contributed by atoms with Crippen molar-refractivity contribution in [2.75, 3.05) is 25.7 Å². The SMILES string of the molecule is COc1cc(Cc2cnc(N)nc2N)c2cc(Cc3cccs3)oc2c1OC. The maximum atomic E-state index is 6.15. The van der Waals surface area contributed by atoms with Gasteiger partial charge in [-0.3, -0.25) is 0 Å². The van der Waals surface area contributed by atoms with E-state index < -0.39 is 0 Å². The molecule has 0 bridgehead atoms. The molecule has 7 nitrogen and oxygen atoms in total. The maximum Gasteiger partial charge on any atom is 0.221 e. The molecular formula is C20H20N4O3S. The molecule has 1 aromatic carbocycles. The minimum absolute atomic E-state index is 0.153. The summed E-state index contributed by atoms with van der Waals surface area (Å²) in [5.74, 6) is 2.53. The first kappa shape index (κ1) is 18.1. The maximum absolute atomic E-state index is 6.15. The highest BCUT2D eigenvalue weighted by Gasteiger charge is 2.20. The van der Waals surface area contributed by atoms with Crippen molar-refractivity contribution < 1.29 is 13.9 Å². The first-order chi connectivity index (χ1) is 13.6. The van der Waals surface area contributed by atoms with Crippen molar-refractivity contribution in [1.29, 1.82) is 0 Å². The average molecular weight is 396 g/mol. The van der Waals surface area contributed by atoms with Gasteiger partial charge in [-0.2, -0.15) is 4.98 Å². The normalized spacial score (nSPS) is 11.1. The van der Waals surface area contributed by atoms with Crippen LogP contribution in [0.15, 0.2) is 40.3 Å². The van der Waals surface area contributed by atoms with Crippen molar-refractivity contribution in [3.8, 4) is 11.5 Å². The Kier molecular flexibility index (Phi) is 4.79. The molecule has 0 aliphatic carbocycles. The molecule has 0 aliphatic rings. The lowest BCUT2D eigenvalue weighted by Crippen LogP contribution is -2.04. The van der Waals surface area contributed by atoms with Crippen LogP contribution in [0.25, 0.3) is 11.0 Å². The minimum Gasteiger partial charge on any atom is -0.493 e. The fourth-order valence-electron chi connectivity index (χ4n) is 3.20. The van der Waals surface area contributed by atoms with E-state index in [0.717, 1.165) is 22.3 Å². The lowest BCUT2D eigenvalue weighted by molar-refractivity contribution is 0.352. The Balaban J connectivity index is 1.83. The Morgan fingerprint density at radius 3 is 2.64 bits per heavy atom. The van der Waals surface area contributed by atoms with E-state index in [-0.39, 0.29) is 5.95 Å². The van der Waals surface area contributed by atoms with E-state index in [1.807, 2.05) is 18.2 Å². The van der Waals surface area contributed by atoms with Gasteiger partial charge in [-0.25, -0.2) is 4.98 Å². The van der Waals surface area contributed by atoms with E-state index in [0.29, 0.717) is 35.7 Å². The predicted molar refractivity (Wildman–Crippen MR) is 110 cm³/mol. The van der Waals surface area contributed by atoms with Crippen LogP contribution in [0.1, 0.15) is 21.8 Å². The highest BCUT2D eigenvalue weighted by Crippen LogP contribution is 2.41. The Morgan fingerprint density at radius 2 is 1.96 bits per heavy atom. The van der Waals surface area contributed by atoms with Crippen LogP contribution in [0.3, 0.4) is 0 Å². The largest absolute Gasteiger partial charge is 0.493 e. The minimum atomic E-state index is 0.153. The van der Waals surface area contributed by atoms with Crippen molar-refractivity contribution >= 4 is 34.1 Å². The summed E-state index contributed by atoms with van der Waals surface area (Å²) in [6, 6.07) is 8.09.